The highest BCUT2D eigenvalue weighted by atomic mass is 16.1. The Morgan fingerprint density at radius 1 is 1.18 bits per heavy atom. The van der Waals surface area contributed by atoms with Crippen LogP contribution >= 0.6 is 0 Å². The zero-order chi connectivity index (χ0) is 20.7. The minimum Gasteiger partial charge on any atom is -0.326 e. The lowest BCUT2D eigenvalue weighted by molar-refractivity contribution is -0.127. The number of ketones is 2. The second-order valence-electron chi connectivity index (χ2n) is 8.52. The largest absolute Gasteiger partial charge is 0.326 e. The summed E-state index contributed by atoms with van der Waals surface area (Å²) >= 11 is 0. The summed E-state index contributed by atoms with van der Waals surface area (Å²) in [6.07, 6.45) is 6.26. The lowest BCUT2D eigenvalue weighted by Gasteiger charge is -2.34. The first-order valence-electron chi connectivity index (χ1n) is 10.6. The normalized spacial score (nSPS) is 23.3. The number of likely N-dealkylation sites (N-methyl/N-ethyl adjacent to an activating group) is 1. The van der Waals surface area contributed by atoms with Crippen molar-refractivity contribution in [3.8, 4) is 0 Å². The number of nitrogens with two attached hydrogens (primary N) is 2. The Hall–Kier alpha value is -1.56. The van der Waals surface area contributed by atoms with E-state index in [1.165, 1.54) is 5.56 Å². The van der Waals surface area contributed by atoms with Crippen LogP contribution in [0.2, 0.25) is 0 Å². The molecule has 1 aliphatic heterocycles. The topological polar surface area (TPSA) is 89.4 Å². The smallest absolute Gasteiger partial charge is 0.151 e. The van der Waals surface area contributed by atoms with Gasteiger partial charge in [0.15, 0.2) is 5.78 Å². The maximum Gasteiger partial charge on any atom is 0.151 e. The number of nitrogens with zero attached hydrogens (tertiary/aromatic N) is 1. The standard InChI is InChI=1S/C23H37N3O2/c1-17(24)22(25)21(28)16-20(19-10-5-4-6-11-19)12-7-8-13-23(18(2)27)14-9-15-26(23)3/h4-6,10-11,17,20,22H,7-9,12-16,24-25H2,1-3H3. The fourth-order valence-corrected chi connectivity index (χ4v) is 4.54. The highest BCUT2D eigenvalue weighted by molar-refractivity contribution is 5.86. The van der Waals surface area contributed by atoms with E-state index in [1.54, 1.807) is 13.8 Å². The molecule has 5 heteroatoms. The van der Waals surface area contributed by atoms with Crippen LogP contribution in [0, 0.1) is 0 Å². The Morgan fingerprint density at radius 2 is 1.86 bits per heavy atom. The molecule has 5 nitrogen and oxygen atoms in total. The number of benzene rings is 1. The molecule has 0 amide bonds. The average molecular weight is 388 g/mol. The molecule has 0 aromatic heterocycles. The minimum absolute atomic E-state index is 0.0274. The van der Waals surface area contributed by atoms with Gasteiger partial charge in [-0.25, -0.2) is 0 Å². The number of carbonyl (C=O) groups is 2. The van der Waals surface area contributed by atoms with Crippen molar-refractivity contribution in [3.05, 3.63) is 35.9 Å². The van der Waals surface area contributed by atoms with Crippen LogP contribution in [0.15, 0.2) is 30.3 Å². The summed E-state index contributed by atoms with van der Waals surface area (Å²) in [6, 6.07) is 9.22. The van der Waals surface area contributed by atoms with E-state index in [4.69, 9.17) is 11.5 Å². The Kier molecular flexibility index (Phi) is 8.35. The summed E-state index contributed by atoms with van der Waals surface area (Å²) in [5.41, 5.74) is 12.7. The van der Waals surface area contributed by atoms with Crippen molar-refractivity contribution < 1.29 is 9.59 Å². The summed E-state index contributed by atoms with van der Waals surface area (Å²) in [5, 5.41) is 0. The molecule has 0 radical (unpaired) electrons. The van der Waals surface area contributed by atoms with Crippen molar-refractivity contribution in [2.45, 2.75) is 82.3 Å². The van der Waals surface area contributed by atoms with E-state index in [0.29, 0.717) is 6.42 Å². The number of Topliss-reactive ketones (excluding diaryl/α,β-unsaturated/α-hetero) is 2. The number of hydrogen-bond donors (Lipinski definition) is 2. The van der Waals surface area contributed by atoms with Gasteiger partial charge in [-0.3, -0.25) is 14.5 Å². The van der Waals surface area contributed by atoms with Gasteiger partial charge < -0.3 is 11.5 Å². The molecule has 0 saturated carbocycles. The van der Waals surface area contributed by atoms with Crippen LogP contribution < -0.4 is 11.5 Å². The van der Waals surface area contributed by atoms with Crippen LogP contribution in [0.3, 0.4) is 0 Å². The number of likely N-dealkylation sites (tertiary alicyclic amines) is 1. The summed E-state index contributed by atoms with van der Waals surface area (Å²) < 4.78 is 0. The number of unbranched alkanes of at least 4 members (excludes halogenated alkanes) is 1. The monoisotopic (exact) mass is 387 g/mol. The highest BCUT2D eigenvalue weighted by Gasteiger charge is 2.42. The van der Waals surface area contributed by atoms with Crippen molar-refractivity contribution in [1.82, 2.24) is 4.90 Å². The van der Waals surface area contributed by atoms with Crippen LogP contribution in [-0.4, -0.2) is 47.7 Å². The lowest BCUT2D eigenvalue weighted by atomic mass is 9.83. The Labute approximate surface area is 169 Å². The van der Waals surface area contributed by atoms with E-state index in [1.807, 2.05) is 18.2 Å². The summed E-state index contributed by atoms with van der Waals surface area (Å²) in [5.74, 6) is 0.456. The molecule has 28 heavy (non-hydrogen) atoms. The van der Waals surface area contributed by atoms with Crippen molar-refractivity contribution in [2.75, 3.05) is 13.6 Å². The molecule has 156 valence electrons. The van der Waals surface area contributed by atoms with E-state index in [0.717, 1.165) is 45.1 Å². The molecular weight excluding hydrogens is 350 g/mol. The fraction of sp³-hybridized carbons (Fsp3) is 0.652. The minimum atomic E-state index is -0.612. The van der Waals surface area contributed by atoms with Crippen molar-refractivity contribution in [1.29, 1.82) is 0 Å². The van der Waals surface area contributed by atoms with E-state index in [-0.39, 0.29) is 29.1 Å². The zero-order valence-corrected chi connectivity index (χ0v) is 17.7. The van der Waals surface area contributed by atoms with Crippen molar-refractivity contribution in [3.63, 3.8) is 0 Å². The summed E-state index contributed by atoms with van der Waals surface area (Å²) in [4.78, 5) is 27.1. The van der Waals surface area contributed by atoms with Gasteiger partial charge in [-0.15, -0.1) is 0 Å². The van der Waals surface area contributed by atoms with Gasteiger partial charge in [0.25, 0.3) is 0 Å². The molecule has 1 aromatic carbocycles. The van der Waals surface area contributed by atoms with E-state index >= 15 is 0 Å². The predicted octanol–water partition coefficient (Wildman–Crippen LogP) is 3.02. The third-order valence-corrected chi connectivity index (χ3v) is 6.52. The zero-order valence-electron chi connectivity index (χ0n) is 17.7. The molecule has 2 rings (SSSR count). The van der Waals surface area contributed by atoms with E-state index in [2.05, 4.69) is 24.1 Å². The maximum absolute atomic E-state index is 12.5. The van der Waals surface area contributed by atoms with Gasteiger partial charge >= 0.3 is 0 Å². The first-order valence-corrected chi connectivity index (χ1v) is 10.6. The molecule has 1 aromatic rings. The number of rotatable bonds is 11. The molecule has 4 atom stereocenters. The fourth-order valence-electron chi connectivity index (χ4n) is 4.54. The molecule has 4 N–H and O–H groups in total. The Morgan fingerprint density at radius 3 is 2.39 bits per heavy atom. The van der Waals surface area contributed by atoms with Gasteiger partial charge in [0, 0.05) is 12.5 Å². The second-order valence-corrected chi connectivity index (χ2v) is 8.52. The molecule has 1 aliphatic rings. The van der Waals surface area contributed by atoms with Gasteiger partial charge in [-0.1, -0.05) is 43.2 Å². The summed E-state index contributed by atoms with van der Waals surface area (Å²) in [6.45, 7) is 4.50. The van der Waals surface area contributed by atoms with Gasteiger partial charge in [0.1, 0.15) is 5.78 Å². The maximum atomic E-state index is 12.5. The average Bonchev–Trinajstić information content (AvgIpc) is 3.05. The van der Waals surface area contributed by atoms with Crippen LogP contribution in [-0.2, 0) is 9.59 Å². The first-order chi connectivity index (χ1) is 13.3. The molecule has 4 unspecified atom stereocenters. The van der Waals surface area contributed by atoms with Gasteiger partial charge in [0.05, 0.1) is 11.6 Å². The van der Waals surface area contributed by atoms with Crippen molar-refractivity contribution in [2.24, 2.45) is 11.5 Å². The molecular formula is C23H37N3O2. The van der Waals surface area contributed by atoms with Gasteiger partial charge in [-0.2, -0.15) is 0 Å². The third kappa shape index (κ3) is 5.49. The Bertz CT molecular complexity index is 647. The van der Waals surface area contributed by atoms with Crippen molar-refractivity contribution >= 4 is 11.6 Å². The van der Waals surface area contributed by atoms with Crippen LogP contribution in [0.25, 0.3) is 0 Å². The quantitative estimate of drug-likeness (QED) is 0.570. The Balaban J connectivity index is 1.97. The van der Waals surface area contributed by atoms with Crippen LogP contribution in [0.4, 0.5) is 0 Å². The molecule has 0 spiro atoms. The molecule has 1 saturated heterocycles. The number of carbonyl (C=O) groups excluding carboxylic acids is 2. The van der Waals surface area contributed by atoms with E-state index < -0.39 is 6.04 Å². The second kappa shape index (κ2) is 10.3. The highest BCUT2D eigenvalue weighted by Crippen LogP contribution is 2.35. The molecule has 1 heterocycles. The van der Waals surface area contributed by atoms with Gasteiger partial charge in [-0.05, 0) is 64.6 Å². The molecule has 0 aliphatic carbocycles. The molecule has 0 bridgehead atoms. The third-order valence-electron chi connectivity index (χ3n) is 6.52. The SMILES string of the molecule is CC(=O)C1(CCCCC(CC(=O)C(N)C(C)N)c2ccccc2)CCCN1C. The van der Waals surface area contributed by atoms with Crippen LogP contribution in [0.1, 0.15) is 70.3 Å². The molecule has 1 fully saturated rings. The number of hydrogen-bond acceptors (Lipinski definition) is 5. The van der Waals surface area contributed by atoms with Crippen LogP contribution in [0.5, 0.6) is 0 Å². The first kappa shape index (κ1) is 22.7. The predicted molar refractivity (Wildman–Crippen MR) is 114 cm³/mol. The van der Waals surface area contributed by atoms with Gasteiger partial charge in [0.2, 0.25) is 0 Å². The summed E-state index contributed by atoms with van der Waals surface area (Å²) in [7, 11) is 2.06. The van der Waals surface area contributed by atoms with E-state index in [9.17, 15) is 9.59 Å². The lowest BCUT2D eigenvalue weighted by Crippen LogP contribution is -2.47.